The summed E-state index contributed by atoms with van der Waals surface area (Å²) in [6.45, 7) is 0. The Hall–Kier alpha value is -4.17. The van der Waals surface area contributed by atoms with Crippen molar-refractivity contribution in [2.75, 3.05) is 14.2 Å². The first-order valence-corrected chi connectivity index (χ1v) is 9.24. The van der Waals surface area contributed by atoms with E-state index in [2.05, 4.69) is 6.07 Å². The summed E-state index contributed by atoms with van der Waals surface area (Å²) in [6.07, 6.45) is 3.67. The van der Waals surface area contributed by atoms with Crippen molar-refractivity contribution in [1.29, 1.82) is 5.26 Å². The van der Waals surface area contributed by atoms with Gasteiger partial charge in [0.25, 0.3) is 0 Å². The molecule has 0 bridgehead atoms. The first-order valence-electron chi connectivity index (χ1n) is 9.24. The SMILES string of the molecule is COc1cccc2c1C(=O)c1c(ccc(/C=C/c3ccc(C#N)cc3)c1OC)C2=O. The minimum Gasteiger partial charge on any atom is -0.496 e. The molecule has 3 aromatic carbocycles. The van der Waals surface area contributed by atoms with Gasteiger partial charge in [0.05, 0.1) is 37.0 Å². The molecule has 0 aliphatic heterocycles. The van der Waals surface area contributed by atoms with Crippen LogP contribution in [0.2, 0.25) is 0 Å². The molecule has 0 saturated carbocycles. The van der Waals surface area contributed by atoms with Crippen molar-refractivity contribution in [2.24, 2.45) is 0 Å². The lowest BCUT2D eigenvalue weighted by Gasteiger charge is -2.22. The monoisotopic (exact) mass is 395 g/mol. The maximum atomic E-state index is 13.3. The van der Waals surface area contributed by atoms with Crippen molar-refractivity contribution in [2.45, 2.75) is 0 Å². The fraction of sp³-hybridized carbons (Fsp3) is 0.0800. The van der Waals surface area contributed by atoms with Crippen LogP contribution in [-0.4, -0.2) is 25.8 Å². The highest BCUT2D eigenvalue weighted by Crippen LogP contribution is 2.39. The summed E-state index contributed by atoms with van der Waals surface area (Å²) in [7, 11) is 2.95. The smallest absolute Gasteiger partial charge is 0.202 e. The Morgan fingerprint density at radius 3 is 2.20 bits per heavy atom. The van der Waals surface area contributed by atoms with E-state index in [1.54, 1.807) is 42.5 Å². The maximum Gasteiger partial charge on any atom is 0.202 e. The zero-order valence-electron chi connectivity index (χ0n) is 16.4. The lowest BCUT2D eigenvalue weighted by Crippen LogP contribution is -2.22. The Morgan fingerprint density at radius 1 is 0.800 bits per heavy atom. The van der Waals surface area contributed by atoms with Crippen LogP contribution in [0, 0.1) is 11.3 Å². The summed E-state index contributed by atoms with van der Waals surface area (Å²) in [5.41, 5.74) is 3.27. The van der Waals surface area contributed by atoms with Gasteiger partial charge in [-0.15, -0.1) is 0 Å². The number of ketones is 2. The number of hydrogen-bond donors (Lipinski definition) is 0. The molecule has 5 nitrogen and oxygen atoms in total. The van der Waals surface area contributed by atoms with Gasteiger partial charge in [-0.05, 0) is 29.8 Å². The summed E-state index contributed by atoms with van der Waals surface area (Å²) < 4.78 is 10.9. The summed E-state index contributed by atoms with van der Waals surface area (Å²) in [5.74, 6) is 0.159. The first kappa shape index (κ1) is 19.2. The highest BCUT2D eigenvalue weighted by molar-refractivity contribution is 6.30. The van der Waals surface area contributed by atoms with E-state index in [-0.39, 0.29) is 22.7 Å². The van der Waals surface area contributed by atoms with Crippen LogP contribution >= 0.6 is 0 Å². The van der Waals surface area contributed by atoms with Gasteiger partial charge in [0.15, 0.2) is 5.78 Å². The van der Waals surface area contributed by atoms with E-state index in [0.29, 0.717) is 33.8 Å². The second-order valence-electron chi connectivity index (χ2n) is 6.72. The second-order valence-corrected chi connectivity index (χ2v) is 6.72. The number of carbonyl (C=O) groups is 2. The molecule has 0 aromatic heterocycles. The summed E-state index contributed by atoms with van der Waals surface area (Å²) in [6, 6.07) is 17.6. The van der Waals surface area contributed by atoms with Gasteiger partial charge in [0, 0.05) is 16.7 Å². The predicted octanol–water partition coefficient (Wildman–Crippen LogP) is 4.52. The fourth-order valence-electron chi connectivity index (χ4n) is 3.61. The number of fused-ring (bicyclic) bond motifs is 2. The normalized spacial score (nSPS) is 12.3. The summed E-state index contributed by atoms with van der Waals surface area (Å²) >= 11 is 0. The van der Waals surface area contributed by atoms with E-state index in [1.165, 1.54) is 14.2 Å². The average molecular weight is 395 g/mol. The molecule has 0 atom stereocenters. The number of nitrogens with zero attached hydrogens (tertiary/aromatic N) is 1. The van der Waals surface area contributed by atoms with Crippen LogP contribution in [0.4, 0.5) is 0 Å². The Balaban J connectivity index is 1.82. The van der Waals surface area contributed by atoms with E-state index in [0.717, 1.165) is 5.56 Å². The van der Waals surface area contributed by atoms with E-state index in [9.17, 15) is 9.59 Å². The van der Waals surface area contributed by atoms with E-state index in [4.69, 9.17) is 14.7 Å². The molecule has 30 heavy (non-hydrogen) atoms. The maximum absolute atomic E-state index is 13.3. The Morgan fingerprint density at radius 2 is 1.53 bits per heavy atom. The summed E-state index contributed by atoms with van der Waals surface area (Å²) in [5, 5.41) is 8.92. The van der Waals surface area contributed by atoms with Crippen molar-refractivity contribution >= 4 is 23.7 Å². The van der Waals surface area contributed by atoms with E-state index < -0.39 is 0 Å². The molecule has 146 valence electrons. The van der Waals surface area contributed by atoms with Gasteiger partial charge in [-0.2, -0.15) is 5.26 Å². The van der Waals surface area contributed by atoms with Gasteiger partial charge < -0.3 is 9.47 Å². The van der Waals surface area contributed by atoms with Gasteiger partial charge in [-0.25, -0.2) is 0 Å². The van der Waals surface area contributed by atoms with Crippen molar-refractivity contribution in [3.05, 3.63) is 93.5 Å². The number of hydrogen-bond acceptors (Lipinski definition) is 5. The van der Waals surface area contributed by atoms with Gasteiger partial charge >= 0.3 is 0 Å². The predicted molar refractivity (Wildman–Crippen MR) is 113 cm³/mol. The Labute approximate surface area is 173 Å². The highest BCUT2D eigenvalue weighted by atomic mass is 16.5. The molecule has 0 saturated heterocycles. The molecule has 5 heteroatoms. The molecule has 1 aliphatic carbocycles. The molecule has 0 N–H and O–H groups in total. The third kappa shape index (κ3) is 3.05. The zero-order valence-corrected chi connectivity index (χ0v) is 16.4. The van der Waals surface area contributed by atoms with Gasteiger partial charge in [-0.3, -0.25) is 9.59 Å². The van der Waals surface area contributed by atoms with Crippen molar-refractivity contribution in [3.63, 3.8) is 0 Å². The topological polar surface area (TPSA) is 76.4 Å². The fourth-order valence-corrected chi connectivity index (χ4v) is 3.61. The molecular formula is C25H17NO4. The van der Waals surface area contributed by atoms with Crippen LogP contribution in [0.5, 0.6) is 11.5 Å². The van der Waals surface area contributed by atoms with Crippen LogP contribution in [0.15, 0.2) is 54.6 Å². The van der Waals surface area contributed by atoms with Crippen LogP contribution in [0.3, 0.4) is 0 Å². The third-order valence-electron chi connectivity index (χ3n) is 5.08. The van der Waals surface area contributed by atoms with Crippen LogP contribution in [0.25, 0.3) is 12.2 Å². The first-order chi connectivity index (χ1) is 14.6. The molecule has 0 heterocycles. The van der Waals surface area contributed by atoms with E-state index >= 15 is 0 Å². The minimum absolute atomic E-state index is 0.237. The van der Waals surface area contributed by atoms with Crippen LogP contribution in [0.1, 0.15) is 48.5 Å². The molecule has 0 amide bonds. The number of nitriles is 1. The molecule has 3 aromatic rings. The van der Waals surface area contributed by atoms with Gasteiger partial charge in [0.2, 0.25) is 5.78 Å². The molecule has 0 spiro atoms. The quantitative estimate of drug-likeness (QED) is 0.475. The molecule has 0 radical (unpaired) electrons. The van der Waals surface area contributed by atoms with Gasteiger partial charge in [0.1, 0.15) is 11.5 Å². The average Bonchev–Trinajstić information content (AvgIpc) is 2.80. The standard InChI is InChI=1S/C25H17NO4/c1-29-20-5-3-4-18-21(20)24(28)22-19(23(18)27)13-12-17(25(22)30-2)11-10-15-6-8-16(14-26)9-7-15/h3-13H,1-2H3/b11-10+. The molecule has 1 aliphatic rings. The number of ether oxygens (including phenoxy) is 2. The second kappa shape index (κ2) is 7.69. The number of carbonyl (C=O) groups excluding carboxylic acids is 2. The van der Waals surface area contributed by atoms with E-state index in [1.807, 2.05) is 24.3 Å². The van der Waals surface area contributed by atoms with Crippen LogP contribution < -0.4 is 9.47 Å². The molecule has 0 unspecified atom stereocenters. The van der Waals surface area contributed by atoms with Crippen molar-refractivity contribution < 1.29 is 19.1 Å². The minimum atomic E-state index is -0.303. The largest absolute Gasteiger partial charge is 0.496 e. The van der Waals surface area contributed by atoms with Crippen molar-refractivity contribution in [1.82, 2.24) is 0 Å². The van der Waals surface area contributed by atoms with Gasteiger partial charge in [-0.1, -0.05) is 42.5 Å². The molecule has 4 rings (SSSR count). The number of methoxy groups -OCH3 is 2. The molecule has 0 fully saturated rings. The number of rotatable bonds is 4. The lowest BCUT2D eigenvalue weighted by atomic mass is 9.82. The Bertz CT molecular complexity index is 1250. The van der Waals surface area contributed by atoms with Crippen molar-refractivity contribution in [3.8, 4) is 17.6 Å². The third-order valence-corrected chi connectivity index (χ3v) is 5.08. The summed E-state index contributed by atoms with van der Waals surface area (Å²) in [4.78, 5) is 26.4. The number of benzene rings is 3. The highest BCUT2D eigenvalue weighted by Gasteiger charge is 2.35. The lowest BCUT2D eigenvalue weighted by molar-refractivity contribution is 0.0974. The zero-order chi connectivity index (χ0) is 21.3. The molecular weight excluding hydrogens is 378 g/mol. The van der Waals surface area contributed by atoms with Crippen LogP contribution in [-0.2, 0) is 0 Å². The Kier molecular flexibility index (Phi) is 4.91.